The number of thiocarbonyl (C=S) groups is 1. The van der Waals surface area contributed by atoms with E-state index in [2.05, 4.69) is 26.6 Å². The highest BCUT2D eigenvalue weighted by Gasteiger charge is 2.14. The summed E-state index contributed by atoms with van der Waals surface area (Å²) in [5.41, 5.74) is 1.14. The van der Waals surface area contributed by atoms with E-state index in [0.717, 1.165) is 15.9 Å². The van der Waals surface area contributed by atoms with Crippen molar-refractivity contribution in [3.8, 4) is 11.5 Å². The number of carbonyl (C=O) groups excluding carboxylic acids is 1. The Morgan fingerprint density at radius 2 is 1.79 bits per heavy atom. The maximum absolute atomic E-state index is 12.5. The smallest absolute Gasteiger partial charge is 0.261 e. The quantitative estimate of drug-likeness (QED) is 0.421. The predicted molar refractivity (Wildman–Crippen MR) is 117 cm³/mol. The summed E-state index contributed by atoms with van der Waals surface area (Å²) in [6.45, 7) is 5.97. The SMILES string of the molecule is CCOCCOc1ccc(NC(=S)NC(=O)c2cc(Br)ccc2OCC)cc1. The van der Waals surface area contributed by atoms with E-state index in [1.807, 2.05) is 44.2 Å². The summed E-state index contributed by atoms with van der Waals surface area (Å²) >= 11 is 8.61. The first-order chi connectivity index (χ1) is 13.5. The zero-order valence-corrected chi connectivity index (χ0v) is 18.2. The molecule has 0 bridgehead atoms. The lowest BCUT2D eigenvalue weighted by atomic mass is 10.2. The van der Waals surface area contributed by atoms with Crippen molar-refractivity contribution < 1.29 is 19.0 Å². The third kappa shape index (κ3) is 7.10. The number of hydrogen-bond acceptors (Lipinski definition) is 5. The second-order valence-electron chi connectivity index (χ2n) is 5.55. The van der Waals surface area contributed by atoms with Crippen LogP contribution in [0.4, 0.5) is 5.69 Å². The van der Waals surface area contributed by atoms with Crippen molar-refractivity contribution in [2.75, 3.05) is 31.7 Å². The minimum atomic E-state index is -0.349. The molecule has 0 unspecified atom stereocenters. The molecule has 0 aromatic heterocycles. The monoisotopic (exact) mass is 466 g/mol. The Morgan fingerprint density at radius 1 is 1.04 bits per heavy atom. The van der Waals surface area contributed by atoms with E-state index in [0.29, 0.717) is 37.7 Å². The van der Waals surface area contributed by atoms with Crippen molar-refractivity contribution in [1.29, 1.82) is 0 Å². The zero-order chi connectivity index (χ0) is 20.4. The molecule has 0 aliphatic carbocycles. The predicted octanol–water partition coefficient (Wildman–Crippen LogP) is 4.39. The van der Waals surface area contributed by atoms with Gasteiger partial charge in [0.25, 0.3) is 5.91 Å². The Bertz CT molecular complexity index is 799. The number of hydrogen-bond donors (Lipinski definition) is 2. The van der Waals surface area contributed by atoms with Gasteiger partial charge in [-0.15, -0.1) is 0 Å². The van der Waals surface area contributed by atoms with Gasteiger partial charge < -0.3 is 19.5 Å². The number of halogens is 1. The van der Waals surface area contributed by atoms with Crippen molar-refractivity contribution in [2.24, 2.45) is 0 Å². The van der Waals surface area contributed by atoms with Gasteiger partial charge in [-0.25, -0.2) is 0 Å². The summed E-state index contributed by atoms with van der Waals surface area (Å²) in [6, 6.07) is 12.5. The van der Waals surface area contributed by atoms with Gasteiger partial charge >= 0.3 is 0 Å². The van der Waals surface area contributed by atoms with Crippen LogP contribution in [0, 0.1) is 0 Å². The molecule has 2 N–H and O–H groups in total. The summed E-state index contributed by atoms with van der Waals surface area (Å²) in [6.07, 6.45) is 0. The van der Waals surface area contributed by atoms with Gasteiger partial charge in [-0.2, -0.15) is 0 Å². The van der Waals surface area contributed by atoms with Crippen molar-refractivity contribution in [2.45, 2.75) is 13.8 Å². The van der Waals surface area contributed by atoms with Crippen LogP contribution in [0.1, 0.15) is 24.2 Å². The lowest BCUT2D eigenvalue weighted by Crippen LogP contribution is -2.34. The molecule has 6 nitrogen and oxygen atoms in total. The molecule has 0 aliphatic heterocycles. The summed E-state index contributed by atoms with van der Waals surface area (Å²) in [5, 5.41) is 5.84. The molecule has 0 saturated heterocycles. The van der Waals surface area contributed by atoms with Crippen molar-refractivity contribution in [1.82, 2.24) is 5.32 Å². The van der Waals surface area contributed by atoms with Crippen LogP contribution in [0.3, 0.4) is 0 Å². The molecule has 0 heterocycles. The first kappa shape index (κ1) is 22.1. The fourth-order valence-electron chi connectivity index (χ4n) is 2.29. The van der Waals surface area contributed by atoms with Crippen LogP contribution in [0.5, 0.6) is 11.5 Å². The summed E-state index contributed by atoms with van der Waals surface area (Å²) < 4.78 is 17.1. The van der Waals surface area contributed by atoms with E-state index in [4.69, 9.17) is 26.4 Å². The van der Waals surface area contributed by atoms with E-state index in [1.165, 1.54) is 0 Å². The average Bonchev–Trinajstić information content (AvgIpc) is 2.68. The molecule has 0 aliphatic rings. The Hall–Kier alpha value is -2.16. The summed E-state index contributed by atoms with van der Waals surface area (Å²) in [5.74, 6) is 0.883. The van der Waals surface area contributed by atoms with E-state index in [1.54, 1.807) is 12.1 Å². The second-order valence-corrected chi connectivity index (χ2v) is 6.88. The molecule has 0 radical (unpaired) electrons. The van der Waals surface area contributed by atoms with Gasteiger partial charge in [-0.1, -0.05) is 15.9 Å². The fourth-order valence-corrected chi connectivity index (χ4v) is 2.86. The summed E-state index contributed by atoms with van der Waals surface area (Å²) in [4.78, 5) is 12.5. The first-order valence-corrected chi connectivity index (χ1v) is 10.1. The Labute approximate surface area is 178 Å². The third-order valence-electron chi connectivity index (χ3n) is 3.53. The van der Waals surface area contributed by atoms with Crippen LogP contribution in [-0.4, -0.2) is 37.4 Å². The Morgan fingerprint density at radius 3 is 2.46 bits per heavy atom. The highest BCUT2D eigenvalue weighted by molar-refractivity contribution is 9.10. The lowest BCUT2D eigenvalue weighted by Gasteiger charge is -2.13. The van der Waals surface area contributed by atoms with Gasteiger partial charge in [0.1, 0.15) is 18.1 Å². The van der Waals surface area contributed by atoms with Crippen LogP contribution in [0.2, 0.25) is 0 Å². The average molecular weight is 467 g/mol. The molecule has 28 heavy (non-hydrogen) atoms. The molecule has 0 spiro atoms. The van der Waals surface area contributed by atoms with E-state index >= 15 is 0 Å². The van der Waals surface area contributed by atoms with Crippen LogP contribution < -0.4 is 20.1 Å². The minimum Gasteiger partial charge on any atom is -0.493 e. The van der Waals surface area contributed by atoms with Gasteiger partial charge in [0, 0.05) is 16.8 Å². The molecule has 0 fully saturated rings. The van der Waals surface area contributed by atoms with Crippen LogP contribution in [0.15, 0.2) is 46.9 Å². The second kappa shape index (κ2) is 11.6. The van der Waals surface area contributed by atoms with E-state index in [-0.39, 0.29) is 11.0 Å². The molecule has 2 rings (SSSR count). The molecular formula is C20H23BrN2O4S. The minimum absolute atomic E-state index is 0.192. The Balaban J connectivity index is 1.91. The van der Waals surface area contributed by atoms with Crippen LogP contribution >= 0.6 is 28.1 Å². The summed E-state index contributed by atoms with van der Waals surface area (Å²) in [7, 11) is 0. The van der Waals surface area contributed by atoms with E-state index < -0.39 is 0 Å². The van der Waals surface area contributed by atoms with Crippen molar-refractivity contribution in [3.63, 3.8) is 0 Å². The highest BCUT2D eigenvalue weighted by atomic mass is 79.9. The first-order valence-electron chi connectivity index (χ1n) is 8.88. The standard InChI is InChI=1S/C20H23BrN2O4S/c1-3-25-11-12-27-16-8-6-15(7-9-16)22-20(28)23-19(24)17-13-14(21)5-10-18(17)26-4-2/h5-10,13H,3-4,11-12H2,1-2H3,(H2,22,23,24,28). The highest BCUT2D eigenvalue weighted by Crippen LogP contribution is 2.23. The zero-order valence-electron chi connectivity index (χ0n) is 15.8. The number of carbonyl (C=O) groups is 1. The van der Waals surface area contributed by atoms with Gasteiger partial charge in [0.2, 0.25) is 0 Å². The van der Waals surface area contributed by atoms with Crippen LogP contribution in [0.25, 0.3) is 0 Å². The van der Waals surface area contributed by atoms with Crippen molar-refractivity contribution >= 4 is 44.9 Å². The van der Waals surface area contributed by atoms with Gasteiger partial charge in [-0.05, 0) is 68.5 Å². The van der Waals surface area contributed by atoms with E-state index in [9.17, 15) is 4.79 Å². The van der Waals surface area contributed by atoms with Crippen LogP contribution in [-0.2, 0) is 4.74 Å². The maximum atomic E-state index is 12.5. The van der Waals surface area contributed by atoms with Gasteiger partial charge in [-0.3, -0.25) is 10.1 Å². The third-order valence-corrected chi connectivity index (χ3v) is 4.22. The Kier molecular flexibility index (Phi) is 9.19. The largest absolute Gasteiger partial charge is 0.493 e. The molecule has 0 atom stereocenters. The maximum Gasteiger partial charge on any atom is 0.261 e. The molecule has 0 saturated carbocycles. The normalized spacial score (nSPS) is 10.2. The molecule has 1 amide bonds. The molecule has 2 aromatic carbocycles. The van der Waals surface area contributed by atoms with Crippen molar-refractivity contribution in [3.05, 3.63) is 52.5 Å². The number of rotatable bonds is 9. The molecular weight excluding hydrogens is 444 g/mol. The molecule has 150 valence electrons. The topological polar surface area (TPSA) is 68.8 Å². The molecule has 8 heteroatoms. The number of amides is 1. The number of nitrogens with one attached hydrogen (secondary N) is 2. The van der Waals surface area contributed by atoms with Gasteiger partial charge in [0.15, 0.2) is 5.11 Å². The number of anilines is 1. The lowest BCUT2D eigenvalue weighted by molar-refractivity contribution is 0.0974. The molecule has 2 aromatic rings. The fraction of sp³-hybridized carbons (Fsp3) is 0.300. The number of benzene rings is 2. The van der Waals surface area contributed by atoms with Gasteiger partial charge in [0.05, 0.1) is 18.8 Å². The number of ether oxygens (including phenoxy) is 3.